The molecule has 0 radical (unpaired) electrons. The first-order chi connectivity index (χ1) is 9.65. The second-order valence-electron chi connectivity index (χ2n) is 4.87. The number of aromatic nitrogens is 1. The van der Waals surface area contributed by atoms with Gasteiger partial charge in [-0.15, -0.1) is 0 Å². The van der Waals surface area contributed by atoms with Crippen LogP contribution in [-0.2, 0) is 4.74 Å². The van der Waals surface area contributed by atoms with Crippen LogP contribution in [0, 0.1) is 0 Å². The summed E-state index contributed by atoms with van der Waals surface area (Å²) in [6, 6.07) is 3.35. The fourth-order valence-corrected chi connectivity index (χ4v) is 1.89. The zero-order chi connectivity index (χ0) is 14.4. The van der Waals surface area contributed by atoms with Crippen LogP contribution in [0.2, 0.25) is 0 Å². The van der Waals surface area contributed by atoms with E-state index in [0.717, 1.165) is 12.8 Å². The van der Waals surface area contributed by atoms with Crippen molar-refractivity contribution in [1.29, 1.82) is 0 Å². The van der Waals surface area contributed by atoms with Crippen molar-refractivity contribution in [3.63, 3.8) is 0 Å². The Kier molecular flexibility index (Phi) is 5.31. The van der Waals surface area contributed by atoms with E-state index in [1.54, 1.807) is 19.1 Å². The Morgan fingerprint density at radius 2 is 2.30 bits per heavy atom. The topological polar surface area (TPSA) is 80.7 Å². The monoisotopic (exact) mass is 280 g/mol. The number of aliphatic hydroxyl groups is 1. The molecule has 1 saturated heterocycles. The highest BCUT2D eigenvalue weighted by atomic mass is 16.5. The number of aliphatic hydroxyl groups excluding tert-OH is 1. The summed E-state index contributed by atoms with van der Waals surface area (Å²) in [6.07, 6.45) is 2.76. The van der Waals surface area contributed by atoms with E-state index < -0.39 is 6.10 Å². The fraction of sp³-hybridized carbons (Fsp3) is 0.571. The molecule has 1 amide bonds. The number of rotatable bonds is 5. The van der Waals surface area contributed by atoms with Crippen LogP contribution < -0.4 is 10.1 Å². The molecule has 1 unspecified atom stereocenters. The number of pyridine rings is 1. The minimum absolute atomic E-state index is 0.131. The molecule has 1 aromatic rings. The molecule has 0 bridgehead atoms. The predicted octanol–water partition coefficient (Wildman–Crippen LogP) is 0.750. The Hall–Kier alpha value is -1.66. The van der Waals surface area contributed by atoms with E-state index in [1.807, 2.05) is 0 Å². The SMILES string of the molecule is CC(O)CNC(=O)c1ccc(OC2CCOCC2)nc1. The van der Waals surface area contributed by atoms with Crippen molar-refractivity contribution in [2.24, 2.45) is 0 Å². The van der Waals surface area contributed by atoms with Gasteiger partial charge < -0.3 is 19.9 Å². The van der Waals surface area contributed by atoms with Crippen LogP contribution in [0.15, 0.2) is 18.3 Å². The van der Waals surface area contributed by atoms with Gasteiger partial charge in [0.15, 0.2) is 0 Å². The minimum Gasteiger partial charge on any atom is -0.474 e. The third kappa shape index (κ3) is 4.47. The maximum absolute atomic E-state index is 11.7. The van der Waals surface area contributed by atoms with Gasteiger partial charge >= 0.3 is 0 Å². The van der Waals surface area contributed by atoms with Crippen LogP contribution in [0.1, 0.15) is 30.1 Å². The van der Waals surface area contributed by atoms with E-state index in [-0.39, 0.29) is 18.6 Å². The summed E-state index contributed by atoms with van der Waals surface area (Å²) in [5, 5.41) is 11.7. The first-order valence-electron chi connectivity index (χ1n) is 6.82. The molecule has 6 nitrogen and oxygen atoms in total. The number of nitrogens with one attached hydrogen (secondary N) is 1. The molecule has 0 saturated carbocycles. The van der Waals surface area contributed by atoms with Gasteiger partial charge in [0.25, 0.3) is 5.91 Å². The van der Waals surface area contributed by atoms with Gasteiger partial charge in [-0.05, 0) is 13.0 Å². The smallest absolute Gasteiger partial charge is 0.252 e. The van der Waals surface area contributed by atoms with E-state index >= 15 is 0 Å². The predicted molar refractivity (Wildman–Crippen MR) is 72.7 cm³/mol. The largest absolute Gasteiger partial charge is 0.474 e. The number of hydrogen-bond donors (Lipinski definition) is 2. The van der Waals surface area contributed by atoms with Gasteiger partial charge in [-0.2, -0.15) is 0 Å². The molecule has 110 valence electrons. The van der Waals surface area contributed by atoms with E-state index in [4.69, 9.17) is 14.6 Å². The first kappa shape index (κ1) is 14.7. The Balaban J connectivity index is 1.87. The lowest BCUT2D eigenvalue weighted by molar-refractivity contribution is 0.0237. The van der Waals surface area contributed by atoms with Crippen LogP contribution in [0.4, 0.5) is 0 Å². The average molecular weight is 280 g/mol. The van der Waals surface area contributed by atoms with E-state index in [2.05, 4.69) is 10.3 Å². The van der Waals surface area contributed by atoms with Gasteiger partial charge in [0, 0.05) is 31.6 Å². The maximum atomic E-state index is 11.7. The average Bonchev–Trinajstić information content (AvgIpc) is 2.46. The number of amides is 1. The number of ether oxygens (including phenoxy) is 2. The van der Waals surface area contributed by atoms with Crippen LogP contribution in [0.5, 0.6) is 5.88 Å². The molecule has 20 heavy (non-hydrogen) atoms. The molecule has 2 heterocycles. The summed E-state index contributed by atoms with van der Waals surface area (Å²) in [4.78, 5) is 15.9. The van der Waals surface area contributed by atoms with Crippen molar-refractivity contribution in [2.45, 2.75) is 32.0 Å². The molecule has 1 aliphatic rings. The standard InChI is InChI=1S/C14H20N2O4/c1-10(17)8-16-14(18)11-2-3-13(15-9-11)20-12-4-6-19-7-5-12/h2-3,9-10,12,17H,4-8H2,1H3,(H,16,18). The zero-order valence-electron chi connectivity index (χ0n) is 11.5. The van der Waals surface area contributed by atoms with E-state index in [9.17, 15) is 4.79 Å². The molecule has 0 aliphatic carbocycles. The minimum atomic E-state index is -0.567. The summed E-state index contributed by atoms with van der Waals surface area (Å²) >= 11 is 0. The van der Waals surface area contributed by atoms with Gasteiger partial charge in [-0.1, -0.05) is 0 Å². The molecule has 1 aliphatic heterocycles. The van der Waals surface area contributed by atoms with E-state index in [1.165, 1.54) is 6.20 Å². The highest BCUT2D eigenvalue weighted by Gasteiger charge is 2.16. The highest BCUT2D eigenvalue weighted by Crippen LogP contribution is 2.15. The Morgan fingerprint density at radius 3 is 2.90 bits per heavy atom. The normalized spacial score (nSPS) is 17.5. The molecule has 6 heteroatoms. The third-order valence-electron chi connectivity index (χ3n) is 3.01. The van der Waals surface area contributed by atoms with Crippen molar-refractivity contribution in [3.8, 4) is 5.88 Å². The highest BCUT2D eigenvalue weighted by molar-refractivity contribution is 5.93. The van der Waals surface area contributed by atoms with Crippen molar-refractivity contribution >= 4 is 5.91 Å². The summed E-state index contributed by atoms with van der Waals surface area (Å²) in [6.45, 7) is 3.26. The van der Waals surface area contributed by atoms with Crippen molar-refractivity contribution in [3.05, 3.63) is 23.9 Å². The third-order valence-corrected chi connectivity index (χ3v) is 3.01. The number of carbonyl (C=O) groups is 1. The molecule has 2 N–H and O–H groups in total. The van der Waals surface area contributed by atoms with Gasteiger partial charge in [-0.3, -0.25) is 4.79 Å². The zero-order valence-corrected chi connectivity index (χ0v) is 11.5. The number of nitrogens with zero attached hydrogens (tertiary/aromatic N) is 1. The maximum Gasteiger partial charge on any atom is 0.252 e. The molecule has 1 atom stereocenters. The van der Waals surface area contributed by atoms with Crippen molar-refractivity contribution in [2.75, 3.05) is 19.8 Å². The summed E-state index contributed by atoms with van der Waals surface area (Å²) in [7, 11) is 0. The fourth-order valence-electron chi connectivity index (χ4n) is 1.89. The van der Waals surface area contributed by atoms with Crippen molar-refractivity contribution in [1.82, 2.24) is 10.3 Å². The summed E-state index contributed by atoms with van der Waals surface area (Å²) in [5.74, 6) is 0.264. The Bertz CT molecular complexity index is 427. The Morgan fingerprint density at radius 1 is 1.55 bits per heavy atom. The summed E-state index contributed by atoms with van der Waals surface area (Å²) in [5.41, 5.74) is 0.449. The van der Waals surface area contributed by atoms with Gasteiger partial charge in [0.05, 0.1) is 24.9 Å². The second kappa shape index (κ2) is 7.21. The quantitative estimate of drug-likeness (QED) is 0.832. The molecule has 1 aromatic heterocycles. The van der Waals surface area contributed by atoms with Gasteiger partial charge in [0.2, 0.25) is 5.88 Å². The molecule has 0 spiro atoms. The van der Waals surface area contributed by atoms with E-state index in [0.29, 0.717) is 24.7 Å². The van der Waals surface area contributed by atoms with Gasteiger partial charge in [0.1, 0.15) is 6.10 Å². The molecule has 0 aromatic carbocycles. The Labute approximate surface area is 118 Å². The second-order valence-corrected chi connectivity index (χ2v) is 4.87. The lowest BCUT2D eigenvalue weighted by Gasteiger charge is -2.22. The van der Waals surface area contributed by atoms with Crippen molar-refractivity contribution < 1.29 is 19.4 Å². The first-order valence-corrected chi connectivity index (χ1v) is 6.82. The lowest BCUT2D eigenvalue weighted by atomic mass is 10.1. The van der Waals surface area contributed by atoms with Gasteiger partial charge in [-0.25, -0.2) is 4.98 Å². The van der Waals surface area contributed by atoms with Crippen LogP contribution in [0.3, 0.4) is 0 Å². The summed E-state index contributed by atoms with van der Waals surface area (Å²) < 4.78 is 11.0. The van der Waals surface area contributed by atoms with Crippen LogP contribution >= 0.6 is 0 Å². The molecular weight excluding hydrogens is 260 g/mol. The van der Waals surface area contributed by atoms with Crippen LogP contribution in [0.25, 0.3) is 0 Å². The van der Waals surface area contributed by atoms with Crippen LogP contribution in [-0.4, -0.2) is 48.0 Å². The number of hydrogen-bond acceptors (Lipinski definition) is 5. The molecule has 1 fully saturated rings. The number of carbonyl (C=O) groups excluding carboxylic acids is 1. The molecule has 2 rings (SSSR count). The molecular formula is C14H20N2O4. The lowest BCUT2D eigenvalue weighted by Crippen LogP contribution is -2.30.